The minimum Gasteiger partial charge on any atom is -0.506 e. The van der Waals surface area contributed by atoms with Gasteiger partial charge in [0.15, 0.2) is 0 Å². The highest BCUT2D eigenvalue weighted by Gasteiger charge is 2.19. The van der Waals surface area contributed by atoms with Gasteiger partial charge >= 0.3 is 5.97 Å². The molecule has 0 aliphatic heterocycles. The minimum absolute atomic E-state index is 0.0564. The molecule has 72 valence electrons. The fourth-order valence-corrected chi connectivity index (χ4v) is 2.06. The number of rotatable bonds is 2. The van der Waals surface area contributed by atoms with Crippen LogP contribution in [-0.2, 0) is 4.74 Å². The number of aromatic hydroxyl groups is 1. The Balaban J connectivity index is 3.06. The maximum Gasteiger partial charge on any atom is 0.343 e. The van der Waals surface area contributed by atoms with Crippen molar-refractivity contribution in [3.8, 4) is 5.75 Å². The molecule has 0 aliphatic carbocycles. The first kappa shape index (κ1) is 10.1. The Hall–Kier alpha value is -1.03. The van der Waals surface area contributed by atoms with Crippen LogP contribution in [0.15, 0.2) is 0 Å². The number of aryl methyl sites for hydroxylation is 2. The van der Waals surface area contributed by atoms with Crippen molar-refractivity contribution in [3.05, 3.63) is 15.3 Å². The van der Waals surface area contributed by atoms with Crippen LogP contribution in [0.1, 0.15) is 27.0 Å². The Morgan fingerprint density at radius 1 is 1.46 bits per heavy atom. The van der Waals surface area contributed by atoms with Gasteiger partial charge in [-0.25, -0.2) is 4.79 Å². The molecule has 0 aliphatic rings. The minimum atomic E-state index is -0.443. The van der Waals surface area contributed by atoms with Gasteiger partial charge in [0.05, 0.1) is 6.61 Å². The predicted molar refractivity (Wildman–Crippen MR) is 51.4 cm³/mol. The first-order valence-corrected chi connectivity index (χ1v) is 4.85. The molecule has 1 heterocycles. The summed E-state index contributed by atoms with van der Waals surface area (Å²) in [4.78, 5) is 12.9. The van der Waals surface area contributed by atoms with Crippen molar-refractivity contribution < 1.29 is 14.6 Å². The number of hydrogen-bond acceptors (Lipinski definition) is 4. The molecule has 0 amide bonds. The van der Waals surface area contributed by atoms with E-state index in [0.29, 0.717) is 12.2 Å². The van der Waals surface area contributed by atoms with Gasteiger partial charge in [0.25, 0.3) is 0 Å². The Kier molecular flexibility index (Phi) is 2.93. The van der Waals surface area contributed by atoms with Gasteiger partial charge in [-0.1, -0.05) is 0 Å². The summed E-state index contributed by atoms with van der Waals surface area (Å²) in [6.45, 7) is 5.63. The molecule has 0 aromatic carbocycles. The molecule has 3 nitrogen and oxygen atoms in total. The molecule has 0 bridgehead atoms. The van der Waals surface area contributed by atoms with Gasteiger partial charge in [-0.2, -0.15) is 0 Å². The quantitative estimate of drug-likeness (QED) is 0.745. The molecule has 1 rings (SSSR count). The second kappa shape index (κ2) is 3.79. The van der Waals surface area contributed by atoms with Gasteiger partial charge in [-0.3, -0.25) is 0 Å². The Bertz CT molecular complexity index is 328. The zero-order valence-corrected chi connectivity index (χ0v) is 8.70. The molecular formula is C9H12O3S. The lowest BCUT2D eigenvalue weighted by Gasteiger charge is -2.00. The van der Waals surface area contributed by atoms with Gasteiger partial charge in [0.2, 0.25) is 0 Å². The van der Waals surface area contributed by atoms with E-state index in [9.17, 15) is 9.90 Å². The van der Waals surface area contributed by atoms with E-state index in [1.807, 2.05) is 0 Å². The highest BCUT2D eigenvalue weighted by Crippen LogP contribution is 2.33. The third kappa shape index (κ3) is 1.83. The van der Waals surface area contributed by atoms with Crippen molar-refractivity contribution in [3.63, 3.8) is 0 Å². The zero-order chi connectivity index (χ0) is 10.0. The lowest BCUT2D eigenvalue weighted by Crippen LogP contribution is -2.04. The first-order valence-electron chi connectivity index (χ1n) is 4.04. The van der Waals surface area contributed by atoms with E-state index in [1.165, 1.54) is 11.3 Å². The number of esters is 1. The molecule has 0 saturated heterocycles. The molecule has 0 atom stereocenters. The van der Waals surface area contributed by atoms with E-state index in [2.05, 4.69) is 0 Å². The molecule has 0 spiro atoms. The summed E-state index contributed by atoms with van der Waals surface area (Å²) >= 11 is 1.40. The molecule has 0 unspecified atom stereocenters. The lowest BCUT2D eigenvalue weighted by molar-refractivity contribution is 0.0523. The number of carbonyl (C=O) groups is 1. The third-order valence-electron chi connectivity index (χ3n) is 1.71. The highest BCUT2D eigenvalue weighted by atomic mass is 32.1. The van der Waals surface area contributed by atoms with E-state index < -0.39 is 5.97 Å². The summed E-state index contributed by atoms with van der Waals surface area (Å²) in [5.74, 6) is -0.386. The summed E-state index contributed by atoms with van der Waals surface area (Å²) in [5, 5.41) is 9.53. The smallest absolute Gasteiger partial charge is 0.343 e. The molecule has 0 radical (unpaired) electrons. The summed E-state index contributed by atoms with van der Waals surface area (Å²) in [6, 6.07) is 0. The van der Waals surface area contributed by atoms with E-state index in [0.717, 1.165) is 9.75 Å². The van der Waals surface area contributed by atoms with Crippen LogP contribution in [0.2, 0.25) is 0 Å². The maximum absolute atomic E-state index is 11.3. The van der Waals surface area contributed by atoms with Crippen LogP contribution >= 0.6 is 11.3 Å². The van der Waals surface area contributed by atoms with Crippen molar-refractivity contribution in [2.75, 3.05) is 6.61 Å². The lowest BCUT2D eigenvalue weighted by atomic mass is 10.2. The molecule has 4 heteroatoms. The number of thiophene rings is 1. The van der Waals surface area contributed by atoms with Gasteiger partial charge in [0, 0.05) is 9.75 Å². The van der Waals surface area contributed by atoms with Crippen molar-refractivity contribution in [2.45, 2.75) is 20.8 Å². The molecule has 1 N–H and O–H groups in total. The average Bonchev–Trinajstić information content (AvgIpc) is 2.27. The molecular weight excluding hydrogens is 188 g/mol. The van der Waals surface area contributed by atoms with Gasteiger partial charge < -0.3 is 9.84 Å². The Morgan fingerprint density at radius 2 is 2.08 bits per heavy atom. The second-order valence-corrected chi connectivity index (χ2v) is 4.09. The Labute approximate surface area is 81.0 Å². The van der Waals surface area contributed by atoms with E-state index in [4.69, 9.17) is 4.74 Å². The summed E-state index contributed by atoms with van der Waals surface area (Å²) in [7, 11) is 0. The monoisotopic (exact) mass is 200 g/mol. The normalized spacial score (nSPS) is 10.1. The van der Waals surface area contributed by atoms with Crippen molar-refractivity contribution >= 4 is 17.3 Å². The second-order valence-electron chi connectivity index (χ2n) is 2.66. The van der Waals surface area contributed by atoms with Crippen LogP contribution in [-0.4, -0.2) is 17.7 Å². The number of hydrogen-bond donors (Lipinski definition) is 1. The third-order valence-corrected chi connectivity index (χ3v) is 2.72. The van der Waals surface area contributed by atoms with Crippen molar-refractivity contribution in [1.29, 1.82) is 0 Å². The zero-order valence-electron chi connectivity index (χ0n) is 7.88. The van der Waals surface area contributed by atoms with Crippen LogP contribution in [0, 0.1) is 13.8 Å². The number of carbonyl (C=O) groups excluding carboxylic acids is 1. The molecule has 1 aromatic rings. The maximum atomic E-state index is 11.3. The molecule has 0 fully saturated rings. The fraction of sp³-hybridized carbons (Fsp3) is 0.444. The standard InChI is InChI=1S/C9H12O3S/c1-4-12-9(11)7-5(2)13-6(3)8(7)10/h10H,4H2,1-3H3. The largest absolute Gasteiger partial charge is 0.506 e. The van der Waals surface area contributed by atoms with E-state index in [1.54, 1.807) is 20.8 Å². The average molecular weight is 200 g/mol. The van der Waals surface area contributed by atoms with Gasteiger partial charge in [0.1, 0.15) is 11.3 Å². The summed E-state index contributed by atoms with van der Waals surface area (Å²) < 4.78 is 4.81. The van der Waals surface area contributed by atoms with Crippen molar-refractivity contribution in [1.82, 2.24) is 0 Å². The topological polar surface area (TPSA) is 46.5 Å². The fourth-order valence-electron chi connectivity index (χ4n) is 1.12. The van der Waals surface area contributed by atoms with Gasteiger partial charge in [-0.15, -0.1) is 11.3 Å². The SMILES string of the molecule is CCOC(=O)c1c(C)sc(C)c1O. The first-order chi connectivity index (χ1) is 6.07. The number of ether oxygens (including phenoxy) is 1. The molecule has 1 aromatic heterocycles. The molecule has 13 heavy (non-hydrogen) atoms. The van der Waals surface area contributed by atoms with Crippen molar-refractivity contribution in [2.24, 2.45) is 0 Å². The van der Waals surface area contributed by atoms with E-state index in [-0.39, 0.29) is 5.75 Å². The van der Waals surface area contributed by atoms with Crippen LogP contribution in [0.25, 0.3) is 0 Å². The van der Waals surface area contributed by atoms with Crippen LogP contribution in [0.3, 0.4) is 0 Å². The predicted octanol–water partition coefficient (Wildman–Crippen LogP) is 2.25. The van der Waals surface area contributed by atoms with E-state index >= 15 is 0 Å². The molecule has 0 saturated carbocycles. The van der Waals surface area contributed by atoms with Crippen LogP contribution in [0.4, 0.5) is 0 Å². The summed E-state index contributed by atoms with van der Waals surface area (Å²) in [6.07, 6.45) is 0. The van der Waals surface area contributed by atoms with Crippen LogP contribution < -0.4 is 0 Å². The summed E-state index contributed by atoms with van der Waals surface area (Å²) in [5.41, 5.74) is 0.310. The Morgan fingerprint density at radius 3 is 2.46 bits per heavy atom. The van der Waals surface area contributed by atoms with Gasteiger partial charge in [-0.05, 0) is 20.8 Å². The highest BCUT2D eigenvalue weighted by molar-refractivity contribution is 7.12. The van der Waals surface area contributed by atoms with Crippen LogP contribution in [0.5, 0.6) is 5.75 Å².